The van der Waals surface area contributed by atoms with Gasteiger partial charge in [-0.1, -0.05) is 39.0 Å². The van der Waals surface area contributed by atoms with Gasteiger partial charge in [0.15, 0.2) is 0 Å². The first-order valence-electron chi connectivity index (χ1n) is 8.28. The highest BCUT2D eigenvalue weighted by molar-refractivity contribution is 7.21. The zero-order chi connectivity index (χ0) is 15.2. The molecule has 0 saturated heterocycles. The minimum Gasteiger partial charge on any atom is -0.143 e. The Labute approximate surface area is 138 Å². The van der Waals surface area contributed by atoms with Crippen LogP contribution in [0.5, 0.6) is 0 Å². The smallest absolute Gasteiger partial charge is 0.0480 e. The number of hydrogen-bond donors (Lipinski definition) is 0. The number of rotatable bonds is 8. The number of hydrogen-bond acceptors (Lipinski definition) is 2. The summed E-state index contributed by atoms with van der Waals surface area (Å²) in [5.41, 5.74) is 4.47. The van der Waals surface area contributed by atoms with Gasteiger partial charge in [0.25, 0.3) is 0 Å². The number of thiophene rings is 2. The summed E-state index contributed by atoms with van der Waals surface area (Å²) in [4.78, 5) is 4.61. The molecule has 2 aromatic heterocycles. The van der Waals surface area contributed by atoms with E-state index in [0.717, 1.165) is 0 Å². The molecule has 0 aromatic carbocycles. The molecule has 0 bridgehead atoms. The van der Waals surface area contributed by atoms with E-state index >= 15 is 0 Å². The molecular weight excluding hydrogens is 292 g/mol. The van der Waals surface area contributed by atoms with Crippen molar-refractivity contribution in [2.24, 2.45) is 0 Å². The van der Waals surface area contributed by atoms with Crippen LogP contribution in [0.2, 0.25) is 0 Å². The van der Waals surface area contributed by atoms with Crippen LogP contribution in [-0.2, 0) is 6.42 Å². The average Bonchev–Trinajstić information content (AvgIpc) is 3.01. The number of unbranched alkanes of at least 4 members (excludes halogenated alkanes) is 5. The second-order valence-electron chi connectivity index (χ2n) is 6.05. The van der Waals surface area contributed by atoms with Crippen molar-refractivity contribution in [1.82, 2.24) is 0 Å². The number of aryl methyl sites for hydroxylation is 2. The zero-order valence-electron chi connectivity index (χ0n) is 13.9. The van der Waals surface area contributed by atoms with E-state index in [0.29, 0.717) is 0 Å². The SMILES string of the molecule is CCCCCCCCc1sc(-c2sccc2C)c(C)c1C. The highest BCUT2D eigenvalue weighted by atomic mass is 32.1. The van der Waals surface area contributed by atoms with Gasteiger partial charge in [-0.25, -0.2) is 0 Å². The summed E-state index contributed by atoms with van der Waals surface area (Å²) in [5, 5.41) is 2.21. The molecule has 0 amide bonds. The first-order chi connectivity index (χ1) is 10.1. The molecule has 116 valence electrons. The lowest BCUT2D eigenvalue weighted by Gasteiger charge is -2.01. The van der Waals surface area contributed by atoms with Crippen molar-refractivity contribution < 1.29 is 0 Å². The average molecular weight is 321 g/mol. The predicted molar refractivity (Wildman–Crippen MR) is 98.9 cm³/mol. The molecule has 0 unspecified atom stereocenters. The molecule has 2 rings (SSSR count). The third kappa shape index (κ3) is 4.20. The van der Waals surface area contributed by atoms with Gasteiger partial charge in [-0.3, -0.25) is 0 Å². The van der Waals surface area contributed by atoms with E-state index in [1.54, 1.807) is 4.88 Å². The summed E-state index contributed by atoms with van der Waals surface area (Å²) < 4.78 is 0. The highest BCUT2D eigenvalue weighted by Gasteiger charge is 2.15. The third-order valence-electron chi connectivity index (χ3n) is 4.37. The van der Waals surface area contributed by atoms with Crippen LogP contribution < -0.4 is 0 Å². The van der Waals surface area contributed by atoms with Crippen LogP contribution in [0.3, 0.4) is 0 Å². The highest BCUT2D eigenvalue weighted by Crippen LogP contribution is 2.40. The molecule has 0 atom stereocenters. The lowest BCUT2D eigenvalue weighted by Crippen LogP contribution is -1.86. The maximum absolute atomic E-state index is 2.31. The Bertz CT molecular complexity index is 560. The summed E-state index contributed by atoms with van der Waals surface area (Å²) in [6, 6.07) is 2.24. The standard InChI is InChI=1S/C19H28S2/c1-5-6-7-8-9-10-11-17-15(3)16(4)19(21-17)18-14(2)12-13-20-18/h12-13H,5-11H2,1-4H3. The van der Waals surface area contributed by atoms with Gasteiger partial charge in [0, 0.05) is 14.6 Å². The second kappa shape index (κ2) is 8.14. The Kier molecular flexibility index (Phi) is 6.50. The normalized spacial score (nSPS) is 11.2. The fourth-order valence-corrected chi connectivity index (χ4v) is 5.33. The van der Waals surface area contributed by atoms with Crippen LogP contribution in [0.1, 0.15) is 67.0 Å². The van der Waals surface area contributed by atoms with Gasteiger partial charge in [0.1, 0.15) is 0 Å². The third-order valence-corrected chi connectivity index (χ3v) is 7.01. The van der Waals surface area contributed by atoms with Gasteiger partial charge in [0.05, 0.1) is 0 Å². The van der Waals surface area contributed by atoms with Gasteiger partial charge in [-0.05, 0) is 61.7 Å². The van der Waals surface area contributed by atoms with Crippen molar-refractivity contribution in [3.05, 3.63) is 33.0 Å². The Morgan fingerprint density at radius 2 is 1.57 bits per heavy atom. The van der Waals surface area contributed by atoms with Gasteiger partial charge >= 0.3 is 0 Å². The van der Waals surface area contributed by atoms with E-state index in [1.165, 1.54) is 71.4 Å². The van der Waals surface area contributed by atoms with E-state index in [9.17, 15) is 0 Å². The van der Waals surface area contributed by atoms with E-state index in [1.807, 2.05) is 22.7 Å². The Balaban J connectivity index is 1.97. The van der Waals surface area contributed by atoms with Crippen LogP contribution >= 0.6 is 22.7 Å². The molecule has 21 heavy (non-hydrogen) atoms. The summed E-state index contributed by atoms with van der Waals surface area (Å²) in [6.07, 6.45) is 9.59. The largest absolute Gasteiger partial charge is 0.143 e. The van der Waals surface area contributed by atoms with E-state index in [4.69, 9.17) is 0 Å². The fourth-order valence-electron chi connectivity index (χ4n) is 2.78. The van der Waals surface area contributed by atoms with Crippen LogP contribution in [-0.4, -0.2) is 0 Å². The predicted octanol–water partition coefficient (Wildman–Crippen LogP) is 7.30. The summed E-state index contributed by atoms with van der Waals surface area (Å²) in [7, 11) is 0. The van der Waals surface area contributed by atoms with Crippen LogP contribution in [0, 0.1) is 20.8 Å². The minimum atomic E-state index is 1.27. The van der Waals surface area contributed by atoms with Crippen LogP contribution in [0.15, 0.2) is 11.4 Å². The molecule has 2 heterocycles. The molecule has 2 aromatic rings. The lowest BCUT2D eigenvalue weighted by atomic mass is 10.0. The van der Waals surface area contributed by atoms with Crippen molar-refractivity contribution in [3.63, 3.8) is 0 Å². The molecule has 0 aliphatic heterocycles. The molecule has 0 saturated carbocycles. The molecule has 2 heteroatoms. The molecular formula is C19H28S2. The molecule has 0 radical (unpaired) electrons. The molecule has 0 fully saturated rings. The zero-order valence-corrected chi connectivity index (χ0v) is 15.6. The fraction of sp³-hybridized carbons (Fsp3) is 0.579. The monoisotopic (exact) mass is 320 g/mol. The van der Waals surface area contributed by atoms with E-state index in [2.05, 4.69) is 39.1 Å². The van der Waals surface area contributed by atoms with Crippen molar-refractivity contribution in [2.45, 2.75) is 72.6 Å². The summed E-state index contributed by atoms with van der Waals surface area (Å²) in [6.45, 7) is 9.12. The van der Waals surface area contributed by atoms with Crippen molar-refractivity contribution in [3.8, 4) is 9.75 Å². The van der Waals surface area contributed by atoms with Gasteiger partial charge in [0.2, 0.25) is 0 Å². The van der Waals surface area contributed by atoms with Crippen molar-refractivity contribution in [1.29, 1.82) is 0 Å². The second-order valence-corrected chi connectivity index (χ2v) is 8.08. The first kappa shape index (κ1) is 16.8. The molecule has 0 spiro atoms. The maximum Gasteiger partial charge on any atom is 0.0480 e. The quantitative estimate of drug-likeness (QED) is 0.447. The minimum absolute atomic E-state index is 1.27. The van der Waals surface area contributed by atoms with Gasteiger partial charge in [-0.15, -0.1) is 22.7 Å². The molecule has 0 N–H and O–H groups in total. The van der Waals surface area contributed by atoms with E-state index in [-0.39, 0.29) is 0 Å². The molecule has 0 aliphatic carbocycles. The molecule has 0 aliphatic rings. The van der Waals surface area contributed by atoms with Crippen LogP contribution in [0.25, 0.3) is 9.75 Å². The van der Waals surface area contributed by atoms with Gasteiger partial charge in [-0.2, -0.15) is 0 Å². The Morgan fingerprint density at radius 1 is 0.857 bits per heavy atom. The summed E-state index contributed by atoms with van der Waals surface area (Å²) in [5.74, 6) is 0. The first-order valence-corrected chi connectivity index (χ1v) is 9.98. The van der Waals surface area contributed by atoms with Crippen molar-refractivity contribution in [2.75, 3.05) is 0 Å². The molecule has 0 nitrogen and oxygen atoms in total. The topological polar surface area (TPSA) is 0 Å². The van der Waals surface area contributed by atoms with Crippen molar-refractivity contribution >= 4 is 22.7 Å². The summed E-state index contributed by atoms with van der Waals surface area (Å²) >= 11 is 3.92. The lowest BCUT2D eigenvalue weighted by molar-refractivity contribution is 0.608. The van der Waals surface area contributed by atoms with Gasteiger partial charge < -0.3 is 0 Å². The maximum atomic E-state index is 2.31. The van der Waals surface area contributed by atoms with Crippen LogP contribution in [0.4, 0.5) is 0 Å². The Hall–Kier alpha value is -0.600. The Morgan fingerprint density at radius 3 is 2.24 bits per heavy atom. The van der Waals surface area contributed by atoms with E-state index < -0.39 is 0 Å².